The van der Waals surface area contributed by atoms with Crippen molar-refractivity contribution in [1.29, 1.82) is 10.5 Å². The largest absolute Gasteiger partial charge is 0.455 e. The highest BCUT2D eigenvalue weighted by molar-refractivity contribution is 5.60. The molecule has 2 aromatic carbocycles. The number of rotatable bonds is 4. The van der Waals surface area contributed by atoms with Gasteiger partial charge in [-0.15, -0.1) is 0 Å². The molecule has 0 atom stereocenters. The van der Waals surface area contributed by atoms with Crippen molar-refractivity contribution >= 4 is 5.69 Å². The Bertz CT molecular complexity index is 726. The summed E-state index contributed by atoms with van der Waals surface area (Å²) in [4.78, 5) is 0. The van der Waals surface area contributed by atoms with Crippen molar-refractivity contribution in [2.75, 3.05) is 5.32 Å². The first kappa shape index (κ1) is 14.1. The maximum Gasteiger partial charge on any atom is 0.151 e. The summed E-state index contributed by atoms with van der Waals surface area (Å²) < 4.78 is 19.0. The van der Waals surface area contributed by atoms with E-state index in [1.54, 1.807) is 24.3 Å². The molecule has 4 nitrogen and oxygen atoms in total. The monoisotopic (exact) mass is 279 g/mol. The number of halogens is 1. The molecule has 0 spiro atoms. The van der Waals surface area contributed by atoms with Gasteiger partial charge in [0.05, 0.1) is 5.69 Å². The Morgan fingerprint density at radius 3 is 2.48 bits per heavy atom. The Balaban J connectivity index is 2.28. The number of allylic oxidation sites excluding steroid dienone is 1. The van der Waals surface area contributed by atoms with E-state index in [1.807, 2.05) is 18.2 Å². The van der Waals surface area contributed by atoms with Gasteiger partial charge in [-0.1, -0.05) is 18.2 Å². The number of hydrogen-bond acceptors (Lipinski definition) is 4. The van der Waals surface area contributed by atoms with Crippen molar-refractivity contribution in [3.8, 4) is 23.6 Å². The van der Waals surface area contributed by atoms with Gasteiger partial charge in [-0.25, -0.2) is 4.39 Å². The zero-order valence-electron chi connectivity index (χ0n) is 10.9. The van der Waals surface area contributed by atoms with Gasteiger partial charge in [0.15, 0.2) is 5.75 Å². The molecule has 0 aliphatic carbocycles. The van der Waals surface area contributed by atoms with Crippen molar-refractivity contribution in [3.63, 3.8) is 0 Å². The fraction of sp³-hybridized carbons (Fsp3) is 0. The molecule has 0 aliphatic heterocycles. The number of para-hydroxylation sites is 1. The Morgan fingerprint density at radius 2 is 1.81 bits per heavy atom. The first-order valence-corrected chi connectivity index (χ1v) is 6.02. The van der Waals surface area contributed by atoms with Gasteiger partial charge in [0.1, 0.15) is 29.3 Å². The van der Waals surface area contributed by atoms with Crippen molar-refractivity contribution in [2.45, 2.75) is 0 Å². The summed E-state index contributed by atoms with van der Waals surface area (Å²) in [6.07, 6.45) is 1.20. The van der Waals surface area contributed by atoms with Crippen molar-refractivity contribution < 1.29 is 9.13 Å². The molecule has 0 aliphatic rings. The zero-order valence-corrected chi connectivity index (χ0v) is 10.9. The van der Waals surface area contributed by atoms with Crippen LogP contribution in [0.5, 0.6) is 11.5 Å². The normalized spacial score (nSPS) is 9.10. The molecule has 102 valence electrons. The second-order valence-electron chi connectivity index (χ2n) is 3.98. The highest BCUT2D eigenvalue weighted by Gasteiger charge is 2.06. The highest BCUT2D eigenvalue weighted by atomic mass is 19.1. The van der Waals surface area contributed by atoms with Crippen molar-refractivity contribution in [2.24, 2.45) is 0 Å². The van der Waals surface area contributed by atoms with E-state index in [-0.39, 0.29) is 5.57 Å². The molecule has 0 saturated carbocycles. The number of benzene rings is 2. The van der Waals surface area contributed by atoms with Crippen molar-refractivity contribution in [3.05, 3.63) is 66.1 Å². The van der Waals surface area contributed by atoms with Crippen LogP contribution < -0.4 is 10.1 Å². The first-order chi connectivity index (χ1) is 10.2. The summed E-state index contributed by atoms with van der Waals surface area (Å²) in [7, 11) is 0. The lowest BCUT2D eigenvalue weighted by Crippen LogP contribution is -1.95. The molecular formula is C16H10FN3O. The smallest absolute Gasteiger partial charge is 0.151 e. The molecular weight excluding hydrogens is 269 g/mol. The second-order valence-corrected chi connectivity index (χ2v) is 3.98. The van der Waals surface area contributed by atoms with E-state index in [0.29, 0.717) is 17.2 Å². The van der Waals surface area contributed by atoms with E-state index in [9.17, 15) is 4.39 Å². The highest BCUT2D eigenvalue weighted by Crippen LogP contribution is 2.30. The van der Waals surface area contributed by atoms with E-state index in [0.717, 1.165) is 0 Å². The summed E-state index contributed by atoms with van der Waals surface area (Å²) in [5.74, 6) is 0.521. The van der Waals surface area contributed by atoms with Crippen LogP contribution in [0.4, 0.5) is 10.1 Å². The third-order valence-corrected chi connectivity index (χ3v) is 2.53. The summed E-state index contributed by atoms with van der Waals surface area (Å²) >= 11 is 0. The van der Waals surface area contributed by atoms with Crippen LogP contribution in [0, 0.1) is 28.5 Å². The minimum absolute atomic E-state index is 0.120. The number of nitriles is 2. The number of nitrogens with one attached hydrogen (secondary N) is 1. The molecule has 2 aromatic rings. The standard InChI is InChI=1S/C16H10FN3O/c17-13-6-7-16(21-14-4-2-1-3-5-14)15(8-13)20-11-12(9-18)10-19/h1-8,11,20H. The summed E-state index contributed by atoms with van der Waals surface area (Å²) in [6, 6.07) is 16.4. The minimum Gasteiger partial charge on any atom is -0.455 e. The quantitative estimate of drug-likeness (QED) is 0.860. The predicted octanol–water partition coefficient (Wildman–Crippen LogP) is 3.96. The predicted molar refractivity (Wildman–Crippen MR) is 75.8 cm³/mol. The van der Waals surface area contributed by atoms with Gasteiger partial charge < -0.3 is 10.1 Å². The van der Waals surface area contributed by atoms with Gasteiger partial charge in [-0.05, 0) is 24.3 Å². The average Bonchev–Trinajstić information content (AvgIpc) is 2.52. The van der Waals surface area contributed by atoms with E-state index in [1.165, 1.54) is 24.4 Å². The Kier molecular flexibility index (Phi) is 4.53. The van der Waals surface area contributed by atoms with E-state index < -0.39 is 5.82 Å². The molecule has 2 rings (SSSR count). The Labute approximate surface area is 121 Å². The fourth-order valence-electron chi connectivity index (χ4n) is 1.56. The number of ether oxygens (including phenoxy) is 1. The molecule has 0 saturated heterocycles. The first-order valence-electron chi connectivity index (χ1n) is 6.02. The maximum atomic E-state index is 13.3. The van der Waals surface area contributed by atoms with Gasteiger partial charge >= 0.3 is 0 Å². The second kappa shape index (κ2) is 6.74. The summed E-state index contributed by atoms with van der Waals surface area (Å²) in [5.41, 5.74) is 0.201. The molecule has 0 bridgehead atoms. The Hall–Kier alpha value is -3.31. The SMILES string of the molecule is N#CC(C#N)=CNc1cc(F)ccc1Oc1ccccc1. The summed E-state index contributed by atoms with van der Waals surface area (Å²) in [5, 5.41) is 20.1. The molecule has 1 N–H and O–H groups in total. The zero-order chi connectivity index (χ0) is 15.1. The van der Waals surface area contributed by atoms with Crippen LogP contribution in [0.15, 0.2) is 60.3 Å². The molecule has 0 fully saturated rings. The molecule has 0 aromatic heterocycles. The minimum atomic E-state index is -0.457. The van der Waals surface area contributed by atoms with Crippen LogP contribution in [0.1, 0.15) is 0 Å². The lowest BCUT2D eigenvalue weighted by molar-refractivity contribution is 0.483. The molecule has 0 radical (unpaired) electrons. The average molecular weight is 279 g/mol. The molecule has 0 amide bonds. The number of nitrogens with zero attached hydrogens (tertiary/aromatic N) is 2. The van der Waals surface area contributed by atoms with E-state index in [4.69, 9.17) is 15.3 Å². The fourth-order valence-corrected chi connectivity index (χ4v) is 1.56. The van der Waals surface area contributed by atoms with Gasteiger partial charge in [-0.2, -0.15) is 10.5 Å². The molecule has 0 heterocycles. The summed E-state index contributed by atoms with van der Waals surface area (Å²) in [6.45, 7) is 0. The third-order valence-electron chi connectivity index (χ3n) is 2.53. The number of hydrogen-bond donors (Lipinski definition) is 1. The van der Waals surface area contributed by atoms with Crippen LogP contribution in [0.2, 0.25) is 0 Å². The van der Waals surface area contributed by atoms with Gasteiger partial charge in [0, 0.05) is 12.3 Å². The van der Waals surface area contributed by atoms with Crippen LogP contribution in [-0.4, -0.2) is 0 Å². The van der Waals surface area contributed by atoms with E-state index in [2.05, 4.69) is 5.32 Å². The van der Waals surface area contributed by atoms with Crippen molar-refractivity contribution in [1.82, 2.24) is 0 Å². The number of anilines is 1. The van der Waals surface area contributed by atoms with Crippen LogP contribution in [0.25, 0.3) is 0 Å². The molecule has 0 unspecified atom stereocenters. The van der Waals surface area contributed by atoms with Gasteiger partial charge in [-0.3, -0.25) is 0 Å². The molecule has 5 heteroatoms. The van der Waals surface area contributed by atoms with Gasteiger partial charge in [0.25, 0.3) is 0 Å². The van der Waals surface area contributed by atoms with Gasteiger partial charge in [0.2, 0.25) is 0 Å². The lowest BCUT2D eigenvalue weighted by Gasteiger charge is -2.11. The van der Waals surface area contributed by atoms with Crippen LogP contribution in [-0.2, 0) is 0 Å². The van der Waals surface area contributed by atoms with Crippen LogP contribution >= 0.6 is 0 Å². The van der Waals surface area contributed by atoms with Crippen LogP contribution in [0.3, 0.4) is 0 Å². The van der Waals surface area contributed by atoms with E-state index >= 15 is 0 Å². The maximum absolute atomic E-state index is 13.3. The topological polar surface area (TPSA) is 68.8 Å². The molecule has 21 heavy (non-hydrogen) atoms. The third kappa shape index (κ3) is 3.82. The Morgan fingerprint density at radius 1 is 1.10 bits per heavy atom. The lowest BCUT2D eigenvalue weighted by atomic mass is 10.2.